The van der Waals surface area contributed by atoms with Crippen LogP contribution in [0.2, 0.25) is 0 Å². The summed E-state index contributed by atoms with van der Waals surface area (Å²) in [5, 5.41) is 3.83. The first-order chi connectivity index (χ1) is 8.97. The Morgan fingerprint density at radius 1 is 1.26 bits per heavy atom. The number of thioether (sulfide) groups is 1. The lowest BCUT2D eigenvalue weighted by Crippen LogP contribution is -2.40. The Morgan fingerprint density at radius 2 is 2.05 bits per heavy atom. The third kappa shape index (κ3) is 1.91. The molecule has 1 aromatic rings. The summed E-state index contributed by atoms with van der Waals surface area (Å²) in [4.78, 5) is 1.34. The minimum absolute atomic E-state index is 0.451. The second-order valence-electron chi connectivity index (χ2n) is 7.04. The van der Waals surface area contributed by atoms with E-state index < -0.39 is 0 Å². The molecule has 19 heavy (non-hydrogen) atoms. The smallest absolute Gasteiger partial charge is 0.0353 e. The summed E-state index contributed by atoms with van der Waals surface area (Å²) in [5.41, 5.74) is 2.23. The maximum absolute atomic E-state index is 3.83. The molecule has 104 valence electrons. The first-order valence-corrected chi connectivity index (χ1v) is 8.60. The van der Waals surface area contributed by atoms with Gasteiger partial charge in [0.05, 0.1) is 0 Å². The molecular weight excluding hydrogens is 250 g/mol. The van der Waals surface area contributed by atoms with E-state index >= 15 is 0 Å². The van der Waals surface area contributed by atoms with Gasteiger partial charge in [0.2, 0.25) is 0 Å². The van der Waals surface area contributed by atoms with Crippen molar-refractivity contribution in [1.82, 2.24) is 0 Å². The average Bonchev–Trinajstić information content (AvgIpc) is 2.72. The Balaban J connectivity index is 1.82. The minimum Gasteiger partial charge on any atom is -0.382 e. The van der Waals surface area contributed by atoms with Gasteiger partial charge >= 0.3 is 0 Å². The molecule has 1 nitrogen and oxygen atoms in total. The Bertz CT molecular complexity index is 482. The molecule has 3 atom stereocenters. The molecule has 2 aliphatic carbocycles. The molecule has 0 aromatic heterocycles. The van der Waals surface area contributed by atoms with Gasteiger partial charge in [-0.25, -0.2) is 0 Å². The van der Waals surface area contributed by atoms with Gasteiger partial charge in [0.1, 0.15) is 0 Å². The SMILES string of the molecule is CSc1cccc(NC2CC3CCC2(C)C3(C)C)c1. The number of anilines is 1. The molecule has 0 radical (unpaired) electrons. The van der Waals surface area contributed by atoms with Crippen LogP contribution in [0.4, 0.5) is 5.69 Å². The second kappa shape index (κ2) is 4.44. The molecule has 2 heteroatoms. The van der Waals surface area contributed by atoms with Gasteiger partial charge in [0.15, 0.2) is 0 Å². The molecule has 3 unspecified atom stereocenters. The highest BCUT2D eigenvalue weighted by Crippen LogP contribution is 2.65. The van der Waals surface area contributed by atoms with Gasteiger partial charge < -0.3 is 5.32 Å². The van der Waals surface area contributed by atoms with Crippen LogP contribution in [0, 0.1) is 16.7 Å². The predicted octanol–water partition coefficient (Wildman–Crippen LogP) is 5.04. The Morgan fingerprint density at radius 3 is 2.63 bits per heavy atom. The van der Waals surface area contributed by atoms with Crippen LogP contribution in [0.5, 0.6) is 0 Å². The molecule has 2 fully saturated rings. The fraction of sp³-hybridized carbons (Fsp3) is 0.647. The molecular formula is C17H25NS. The van der Waals surface area contributed by atoms with Crippen LogP contribution in [0.15, 0.2) is 29.2 Å². The van der Waals surface area contributed by atoms with Gasteiger partial charge in [-0.05, 0) is 60.5 Å². The molecule has 2 aliphatic rings. The van der Waals surface area contributed by atoms with E-state index in [1.807, 2.05) is 11.8 Å². The topological polar surface area (TPSA) is 12.0 Å². The van der Waals surface area contributed by atoms with Crippen LogP contribution in [0.1, 0.15) is 40.0 Å². The molecule has 0 spiro atoms. The van der Waals surface area contributed by atoms with Crippen LogP contribution in [0.3, 0.4) is 0 Å². The monoisotopic (exact) mass is 275 g/mol. The van der Waals surface area contributed by atoms with Crippen molar-refractivity contribution in [3.05, 3.63) is 24.3 Å². The zero-order valence-electron chi connectivity index (χ0n) is 12.5. The van der Waals surface area contributed by atoms with E-state index in [0.717, 1.165) is 5.92 Å². The first kappa shape index (κ1) is 13.4. The van der Waals surface area contributed by atoms with Gasteiger partial charge in [-0.3, -0.25) is 0 Å². The van der Waals surface area contributed by atoms with E-state index in [1.165, 1.54) is 29.8 Å². The highest BCUT2D eigenvalue weighted by atomic mass is 32.2. The zero-order valence-corrected chi connectivity index (χ0v) is 13.3. The van der Waals surface area contributed by atoms with E-state index in [2.05, 4.69) is 56.6 Å². The minimum atomic E-state index is 0.451. The fourth-order valence-electron chi connectivity index (χ4n) is 4.34. The molecule has 2 saturated carbocycles. The predicted molar refractivity (Wildman–Crippen MR) is 84.9 cm³/mol. The summed E-state index contributed by atoms with van der Waals surface area (Å²) in [6, 6.07) is 9.48. The summed E-state index contributed by atoms with van der Waals surface area (Å²) in [6.07, 6.45) is 6.28. The standard InChI is InChI=1S/C17H25NS/c1-16(2)12-8-9-17(16,3)15(10-12)18-13-6-5-7-14(11-13)19-4/h5-7,11-12,15,18H,8-10H2,1-4H3. The van der Waals surface area contributed by atoms with Crippen molar-refractivity contribution in [1.29, 1.82) is 0 Å². The number of hydrogen-bond donors (Lipinski definition) is 1. The lowest BCUT2D eigenvalue weighted by atomic mass is 9.69. The van der Waals surface area contributed by atoms with Gasteiger partial charge in [0.25, 0.3) is 0 Å². The maximum atomic E-state index is 3.83. The molecule has 0 saturated heterocycles. The maximum Gasteiger partial charge on any atom is 0.0353 e. The van der Waals surface area contributed by atoms with Gasteiger partial charge in [0, 0.05) is 16.6 Å². The number of fused-ring (bicyclic) bond motifs is 2. The second-order valence-corrected chi connectivity index (χ2v) is 7.92. The normalized spacial score (nSPS) is 35.6. The summed E-state index contributed by atoms with van der Waals surface area (Å²) >= 11 is 1.82. The number of benzene rings is 1. The summed E-state index contributed by atoms with van der Waals surface area (Å²) in [7, 11) is 0. The third-order valence-electron chi connectivity index (χ3n) is 6.20. The lowest BCUT2D eigenvalue weighted by molar-refractivity contribution is 0.142. The number of hydrogen-bond acceptors (Lipinski definition) is 2. The summed E-state index contributed by atoms with van der Waals surface area (Å²) in [6.45, 7) is 7.45. The van der Waals surface area contributed by atoms with Crippen molar-refractivity contribution in [3.8, 4) is 0 Å². The third-order valence-corrected chi connectivity index (χ3v) is 6.93. The zero-order chi connectivity index (χ0) is 13.7. The van der Waals surface area contributed by atoms with Crippen molar-refractivity contribution in [2.75, 3.05) is 11.6 Å². The van der Waals surface area contributed by atoms with Crippen molar-refractivity contribution < 1.29 is 0 Å². The van der Waals surface area contributed by atoms with Crippen LogP contribution < -0.4 is 5.32 Å². The fourth-order valence-corrected chi connectivity index (χ4v) is 4.80. The van der Waals surface area contributed by atoms with E-state index in [4.69, 9.17) is 0 Å². The van der Waals surface area contributed by atoms with Crippen molar-refractivity contribution >= 4 is 17.4 Å². The summed E-state index contributed by atoms with van der Waals surface area (Å²) in [5.74, 6) is 0.902. The van der Waals surface area contributed by atoms with Crippen LogP contribution >= 0.6 is 11.8 Å². The quantitative estimate of drug-likeness (QED) is 0.776. The summed E-state index contributed by atoms with van der Waals surface area (Å²) < 4.78 is 0. The van der Waals surface area contributed by atoms with E-state index in [1.54, 1.807) is 0 Å². The van der Waals surface area contributed by atoms with Crippen molar-refractivity contribution in [3.63, 3.8) is 0 Å². The lowest BCUT2D eigenvalue weighted by Gasteiger charge is -2.40. The molecule has 0 heterocycles. The molecule has 3 rings (SSSR count). The van der Waals surface area contributed by atoms with Crippen molar-refractivity contribution in [2.45, 2.75) is 51.0 Å². The average molecular weight is 275 g/mol. The van der Waals surface area contributed by atoms with Crippen molar-refractivity contribution in [2.24, 2.45) is 16.7 Å². The molecule has 1 N–H and O–H groups in total. The molecule has 1 aromatic carbocycles. The number of rotatable bonds is 3. The van der Waals surface area contributed by atoms with E-state index in [9.17, 15) is 0 Å². The van der Waals surface area contributed by atoms with Crippen LogP contribution in [-0.2, 0) is 0 Å². The molecule has 0 aliphatic heterocycles. The van der Waals surface area contributed by atoms with Gasteiger partial charge in [-0.2, -0.15) is 0 Å². The van der Waals surface area contributed by atoms with Crippen LogP contribution in [0.25, 0.3) is 0 Å². The van der Waals surface area contributed by atoms with E-state index in [-0.39, 0.29) is 0 Å². The number of nitrogens with one attached hydrogen (secondary N) is 1. The van der Waals surface area contributed by atoms with Crippen LogP contribution in [-0.4, -0.2) is 12.3 Å². The largest absolute Gasteiger partial charge is 0.382 e. The van der Waals surface area contributed by atoms with Gasteiger partial charge in [-0.15, -0.1) is 11.8 Å². The highest BCUT2D eigenvalue weighted by Gasteiger charge is 2.61. The first-order valence-electron chi connectivity index (χ1n) is 7.38. The Kier molecular flexibility index (Phi) is 3.12. The Hall–Kier alpha value is -0.630. The Labute approximate surface area is 121 Å². The molecule has 0 amide bonds. The molecule has 2 bridgehead atoms. The van der Waals surface area contributed by atoms with Gasteiger partial charge in [-0.1, -0.05) is 26.8 Å². The van der Waals surface area contributed by atoms with E-state index in [0.29, 0.717) is 16.9 Å². The highest BCUT2D eigenvalue weighted by molar-refractivity contribution is 7.98.